The fraction of sp³-hybridized carbons (Fsp3) is 0.0714. The second kappa shape index (κ2) is 6.12. The van der Waals surface area contributed by atoms with E-state index in [1.165, 1.54) is 0 Å². The van der Waals surface area contributed by atoms with Crippen molar-refractivity contribution in [1.29, 1.82) is 5.26 Å². The number of halogens is 1. The highest BCUT2D eigenvalue weighted by Crippen LogP contribution is 2.27. The smallest absolute Gasteiger partial charge is 0.102 e. The Bertz CT molecular complexity index is 632. The molecule has 0 saturated heterocycles. The molecule has 0 atom stereocenters. The van der Waals surface area contributed by atoms with Gasteiger partial charge in [0.25, 0.3) is 0 Å². The predicted octanol–water partition coefficient (Wildman–Crippen LogP) is 4.46. The second-order valence-corrected chi connectivity index (χ2v) is 4.68. The van der Waals surface area contributed by atoms with Crippen molar-refractivity contribution in [1.82, 2.24) is 0 Å². The monoisotopic (exact) mass is 314 g/mol. The normalized spacial score (nSPS) is 10.4. The van der Waals surface area contributed by atoms with Crippen LogP contribution in [0.3, 0.4) is 0 Å². The lowest BCUT2D eigenvalue weighted by Crippen LogP contribution is -2.06. The van der Waals surface area contributed by atoms with Crippen molar-refractivity contribution in [3.05, 3.63) is 58.6 Å². The van der Waals surface area contributed by atoms with E-state index < -0.39 is 0 Å². The largest absolute Gasteiger partial charge is 0.250 e. The van der Waals surface area contributed by atoms with Crippen LogP contribution in [0.2, 0.25) is 0 Å². The Labute approximate surface area is 120 Å². The summed E-state index contributed by atoms with van der Waals surface area (Å²) < 4.78 is 0.747. The fourth-order valence-electron chi connectivity index (χ4n) is 1.47. The first kappa shape index (κ1) is 13.2. The molecule has 0 spiro atoms. The minimum atomic E-state index is 0.585. The second-order valence-electron chi connectivity index (χ2n) is 3.83. The average molecular weight is 315 g/mol. The lowest BCUT2D eigenvalue weighted by Gasteiger charge is -2.10. The molecule has 0 radical (unpaired) electrons. The summed E-state index contributed by atoms with van der Waals surface area (Å²) in [6.45, 7) is 0. The van der Waals surface area contributed by atoms with Gasteiger partial charge in [0, 0.05) is 11.5 Å². The van der Waals surface area contributed by atoms with E-state index in [2.05, 4.69) is 32.3 Å². The van der Waals surface area contributed by atoms with Gasteiger partial charge in [-0.1, -0.05) is 23.4 Å². The molecule has 19 heavy (non-hydrogen) atoms. The van der Waals surface area contributed by atoms with E-state index >= 15 is 0 Å². The number of anilines is 1. The van der Waals surface area contributed by atoms with Gasteiger partial charge < -0.3 is 0 Å². The molecule has 0 bridgehead atoms. The summed E-state index contributed by atoms with van der Waals surface area (Å²) in [5.41, 5.74) is 2.22. The van der Waals surface area contributed by atoms with Crippen LogP contribution >= 0.6 is 15.9 Å². The Morgan fingerprint density at radius 2 is 1.89 bits per heavy atom. The summed E-state index contributed by atoms with van der Waals surface area (Å²) in [7, 11) is 1.83. The van der Waals surface area contributed by atoms with Crippen molar-refractivity contribution in [2.45, 2.75) is 0 Å². The van der Waals surface area contributed by atoms with Crippen LogP contribution in [0.1, 0.15) is 5.56 Å². The van der Waals surface area contributed by atoms with Crippen LogP contribution in [0.15, 0.2) is 63.3 Å². The fourth-order valence-corrected chi connectivity index (χ4v) is 1.93. The van der Waals surface area contributed by atoms with Gasteiger partial charge in [0.1, 0.15) is 5.69 Å². The molecule has 2 aromatic rings. The Hall–Kier alpha value is -2.19. The molecule has 0 aromatic heterocycles. The highest BCUT2D eigenvalue weighted by atomic mass is 79.9. The minimum absolute atomic E-state index is 0.585. The zero-order valence-electron chi connectivity index (χ0n) is 10.3. The summed E-state index contributed by atoms with van der Waals surface area (Å²) in [5.74, 6) is 0. The summed E-state index contributed by atoms with van der Waals surface area (Å²) in [5, 5.41) is 18.8. The summed E-state index contributed by atoms with van der Waals surface area (Å²) >= 11 is 3.37. The molecule has 2 rings (SSSR count). The van der Waals surface area contributed by atoms with Crippen molar-refractivity contribution >= 4 is 27.3 Å². The van der Waals surface area contributed by atoms with Crippen molar-refractivity contribution in [3.8, 4) is 6.07 Å². The number of hydrogen-bond donors (Lipinski definition) is 0. The molecule has 0 saturated carbocycles. The molecule has 5 heteroatoms. The maximum absolute atomic E-state index is 8.79. The topological polar surface area (TPSA) is 51.8 Å². The first-order chi connectivity index (χ1) is 9.20. The van der Waals surface area contributed by atoms with Gasteiger partial charge in [-0.3, -0.25) is 0 Å². The molecular formula is C14H11BrN4. The molecule has 0 fully saturated rings. The van der Waals surface area contributed by atoms with Crippen LogP contribution in [0.25, 0.3) is 0 Å². The molecule has 0 N–H and O–H groups in total. The van der Waals surface area contributed by atoms with Crippen molar-refractivity contribution in [3.63, 3.8) is 0 Å². The third-order valence-electron chi connectivity index (χ3n) is 2.49. The summed E-state index contributed by atoms with van der Waals surface area (Å²) in [4.78, 5) is 0. The third-order valence-corrected chi connectivity index (χ3v) is 3.13. The number of nitriles is 1. The number of para-hydroxylation sites is 1. The van der Waals surface area contributed by atoms with E-state index in [0.717, 1.165) is 10.2 Å². The van der Waals surface area contributed by atoms with E-state index in [9.17, 15) is 0 Å². The van der Waals surface area contributed by atoms with Gasteiger partial charge in [-0.25, -0.2) is 5.01 Å². The van der Waals surface area contributed by atoms with E-state index in [0.29, 0.717) is 11.3 Å². The van der Waals surface area contributed by atoms with Gasteiger partial charge in [-0.15, -0.1) is 5.11 Å². The predicted molar refractivity (Wildman–Crippen MR) is 78.2 cm³/mol. The minimum Gasteiger partial charge on any atom is -0.250 e. The molecule has 4 nitrogen and oxygen atoms in total. The van der Waals surface area contributed by atoms with Crippen LogP contribution in [0, 0.1) is 11.3 Å². The molecule has 0 unspecified atom stereocenters. The van der Waals surface area contributed by atoms with Gasteiger partial charge in [-0.05, 0) is 46.3 Å². The Morgan fingerprint density at radius 1 is 1.16 bits per heavy atom. The number of rotatable bonds is 3. The van der Waals surface area contributed by atoms with Crippen LogP contribution < -0.4 is 5.01 Å². The molecule has 0 aliphatic rings. The van der Waals surface area contributed by atoms with Gasteiger partial charge >= 0.3 is 0 Å². The van der Waals surface area contributed by atoms with Gasteiger partial charge in [0.15, 0.2) is 0 Å². The molecule has 0 heterocycles. The zero-order chi connectivity index (χ0) is 13.7. The number of hydrogen-bond acceptors (Lipinski definition) is 3. The number of nitrogens with zero attached hydrogens (tertiary/aromatic N) is 4. The van der Waals surface area contributed by atoms with Gasteiger partial charge in [0.05, 0.1) is 17.3 Å². The van der Waals surface area contributed by atoms with Gasteiger partial charge in [-0.2, -0.15) is 5.26 Å². The van der Waals surface area contributed by atoms with Crippen molar-refractivity contribution < 1.29 is 0 Å². The lowest BCUT2D eigenvalue weighted by atomic mass is 10.2. The number of benzene rings is 2. The highest BCUT2D eigenvalue weighted by Gasteiger charge is 2.01. The first-order valence-corrected chi connectivity index (χ1v) is 6.40. The van der Waals surface area contributed by atoms with Gasteiger partial charge in [0.2, 0.25) is 0 Å². The molecule has 94 valence electrons. The van der Waals surface area contributed by atoms with Crippen LogP contribution in [-0.2, 0) is 0 Å². The molecule has 0 aliphatic heterocycles. The molecule has 2 aromatic carbocycles. The summed E-state index contributed by atoms with van der Waals surface area (Å²) in [6.07, 6.45) is 0. The van der Waals surface area contributed by atoms with Crippen molar-refractivity contribution in [2.24, 2.45) is 10.3 Å². The lowest BCUT2D eigenvalue weighted by molar-refractivity contribution is 0.923. The molecular weight excluding hydrogens is 304 g/mol. The third kappa shape index (κ3) is 3.39. The zero-order valence-corrected chi connectivity index (χ0v) is 11.9. The first-order valence-electron chi connectivity index (χ1n) is 5.61. The van der Waals surface area contributed by atoms with E-state index in [4.69, 9.17) is 5.26 Å². The average Bonchev–Trinajstić information content (AvgIpc) is 2.46. The Morgan fingerprint density at radius 3 is 2.53 bits per heavy atom. The van der Waals surface area contributed by atoms with Crippen molar-refractivity contribution in [2.75, 3.05) is 12.1 Å². The Kier molecular flexibility index (Phi) is 4.26. The maximum Gasteiger partial charge on any atom is 0.102 e. The SMILES string of the molecule is CN(N=Nc1ccc(C#N)cc1Br)c1ccccc1. The van der Waals surface area contributed by atoms with E-state index in [1.807, 2.05) is 37.4 Å². The Balaban J connectivity index is 2.17. The van der Waals surface area contributed by atoms with Crippen LogP contribution in [0.5, 0.6) is 0 Å². The standard InChI is InChI=1S/C14H11BrN4/c1-19(12-5-3-2-4-6-12)18-17-14-8-7-11(10-16)9-13(14)15/h2-9H,1H3. The highest BCUT2D eigenvalue weighted by molar-refractivity contribution is 9.10. The van der Waals surface area contributed by atoms with E-state index in [1.54, 1.807) is 23.2 Å². The van der Waals surface area contributed by atoms with Crippen LogP contribution in [0.4, 0.5) is 11.4 Å². The quantitative estimate of drug-likeness (QED) is 0.620. The van der Waals surface area contributed by atoms with E-state index in [-0.39, 0.29) is 0 Å². The molecule has 0 aliphatic carbocycles. The van der Waals surface area contributed by atoms with Crippen LogP contribution in [-0.4, -0.2) is 7.05 Å². The summed E-state index contributed by atoms with van der Waals surface area (Å²) in [6, 6.07) is 17.0. The maximum atomic E-state index is 8.79. The molecule has 0 amide bonds.